The molecule has 116 valence electrons. The first-order valence-electron chi connectivity index (χ1n) is 9.12. The van der Waals surface area contributed by atoms with E-state index in [-0.39, 0.29) is 0 Å². The minimum atomic E-state index is 0.766. The van der Waals surface area contributed by atoms with Crippen molar-refractivity contribution in [3.8, 4) is 0 Å². The molecule has 0 radical (unpaired) electrons. The molecule has 4 unspecified atom stereocenters. The molecule has 1 N–H and O–H groups in total. The van der Waals surface area contributed by atoms with Crippen LogP contribution in [0.5, 0.6) is 0 Å². The first-order chi connectivity index (χ1) is 9.65. The molecule has 2 saturated carbocycles. The van der Waals surface area contributed by atoms with E-state index in [1.165, 1.54) is 58.2 Å². The van der Waals surface area contributed by atoms with Gasteiger partial charge in [-0.1, -0.05) is 40.0 Å². The number of nitrogens with zero attached hydrogens (tertiary/aromatic N) is 1. The van der Waals surface area contributed by atoms with Crippen LogP contribution in [0.15, 0.2) is 0 Å². The Labute approximate surface area is 125 Å². The molecule has 4 atom stereocenters. The van der Waals surface area contributed by atoms with E-state index >= 15 is 0 Å². The Morgan fingerprint density at radius 3 is 2.45 bits per heavy atom. The third-order valence-corrected chi connectivity index (χ3v) is 6.22. The molecule has 20 heavy (non-hydrogen) atoms. The van der Waals surface area contributed by atoms with Gasteiger partial charge in [-0.15, -0.1) is 0 Å². The smallest absolute Gasteiger partial charge is 0.0244 e. The van der Waals surface area contributed by atoms with Gasteiger partial charge in [-0.05, 0) is 42.9 Å². The van der Waals surface area contributed by atoms with E-state index in [2.05, 4.69) is 31.0 Å². The fraction of sp³-hybridized carbons (Fsp3) is 1.00. The average molecular weight is 278 g/mol. The second-order valence-corrected chi connectivity index (χ2v) is 8.15. The quantitative estimate of drug-likeness (QED) is 0.846. The lowest BCUT2D eigenvalue weighted by molar-refractivity contribution is 0.0672. The minimum absolute atomic E-state index is 0.766. The predicted molar refractivity (Wildman–Crippen MR) is 85.8 cm³/mol. The molecule has 3 rings (SSSR count). The van der Waals surface area contributed by atoms with Gasteiger partial charge in [0.05, 0.1) is 0 Å². The fourth-order valence-corrected chi connectivity index (χ4v) is 4.53. The largest absolute Gasteiger partial charge is 0.311 e. The summed E-state index contributed by atoms with van der Waals surface area (Å²) < 4.78 is 0. The molecular weight excluding hydrogens is 244 g/mol. The van der Waals surface area contributed by atoms with Gasteiger partial charge in [-0.2, -0.15) is 0 Å². The van der Waals surface area contributed by atoms with Gasteiger partial charge in [0.25, 0.3) is 0 Å². The van der Waals surface area contributed by atoms with E-state index in [4.69, 9.17) is 0 Å². The second-order valence-electron chi connectivity index (χ2n) is 8.15. The summed E-state index contributed by atoms with van der Waals surface area (Å²) in [5, 5.41) is 3.91. The Balaban J connectivity index is 1.59. The molecular formula is C18H34N2. The fourth-order valence-electron chi connectivity index (χ4n) is 4.53. The summed E-state index contributed by atoms with van der Waals surface area (Å²) >= 11 is 0. The lowest BCUT2D eigenvalue weighted by Gasteiger charge is -2.45. The predicted octanol–water partition coefficient (Wildman–Crippen LogP) is 3.52. The van der Waals surface area contributed by atoms with Crippen molar-refractivity contribution >= 4 is 0 Å². The molecule has 3 aliphatic rings. The maximum absolute atomic E-state index is 3.91. The lowest BCUT2D eigenvalue weighted by atomic mass is 9.82. The third kappa shape index (κ3) is 3.39. The Morgan fingerprint density at radius 2 is 1.85 bits per heavy atom. The van der Waals surface area contributed by atoms with Gasteiger partial charge in [-0.3, -0.25) is 4.90 Å². The van der Waals surface area contributed by atoms with Crippen LogP contribution in [-0.2, 0) is 0 Å². The topological polar surface area (TPSA) is 15.3 Å². The maximum atomic E-state index is 3.91. The summed E-state index contributed by atoms with van der Waals surface area (Å²) in [4.78, 5) is 2.86. The molecule has 0 amide bonds. The van der Waals surface area contributed by atoms with Crippen LogP contribution in [0, 0.1) is 23.7 Å². The van der Waals surface area contributed by atoms with Crippen LogP contribution in [0.1, 0.15) is 59.3 Å². The third-order valence-electron chi connectivity index (χ3n) is 6.22. The highest BCUT2D eigenvalue weighted by Crippen LogP contribution is 2.39. The molecule has 0 aromatic heterocycles. The zero-order valence-corrected chi connectivity index (χ0v) is 13.8. The van der Waals surface area contributed by atoms with E-state index in [1.807, 2.05) is 0 Å². The van der Waals surface area contributed by atoms with Gasteiger partial charge in [0.1, 0.15) is 0 Å². The highest BCUT2D eigenvalue weighted by atomic mass is 15.2. The normalized spacial score (nSPS) is 40.2. The maximum Gasteiger partial charge on any atom is 0.0244 e. The first-order valence-corrected chi connectivity index (χ1v) is 9.12. The molecule has 1 heterocycles. The van der Waals surface area contributed by atoms with Crippen molar-refractivity contribution in [1.29, 1.82) is 0 Å². The van der Waals surface area contributed by atoms with Crippen LogP contribution in [-0.4, -0.2) is 36.6 Å². The zero-order valence-electron chi connectivity index (χ0n) is 13.8. The van der Waals surface area contributed by atoms with E-state index < -0.39 is 0 Å². The summed E-state index contributed by atoms with van der Waals surface area (Å²) in [6.45, 7) is 11.1. The Hall–Kier alpha value is -0.0800. The van der Waals surface area contributed by atoms with Crippen LogP contribution < -0.4 is 5.32 Å². The van der Waals surface area contributed by atoms with E-state index in [9.17, 15) is 0 Å². The second kappa shape index (κ2) is 6.36. The number of hydrogen-bond acceptors (Lipinski definition) is 2. The summed E-state index contributed by atoms with van der Waals surface area (Å²) in [5.41, 5.74) is 0. The molecule has 2 nitrogen and oxygen atoms in total. The molecule has 2 heteroatoms. The van der Waals surface area contributed by atoms with Crippen LogP contribution in [0.4, 0.5) is 0 Å². The average Bonchev–Trinajstić information content (AvgIpc) is 3.14. The number of nitrogens with one attached hydrogen (secondary N) is 1. The van der Waals surface area contributed by atoms with Crippen LogP contribution in [0.3, 0.4) is 0 Å². The number of piperazine rings is 1. The van der Waals surface area contributed by atoms with Crippen molar-refractivity contribution in [2.45, 2.75) is 71.4 Å². The summed E-state index contributed by atoms with van der Waals surface area (Å²) in [7, 11) is 0. The molecule has 0 bridgehead atoms. The molecule has 2 aliphatic carbocycles. The van der Waals surface area contributed by atoms with E-state index in [0.717, 1.165) is 35.8 Å². The van der Waals surface area contributed by atoms with Crippen molar-refractivity contribution in [2.24, 2.45) is 23.7 Å². The van der Waals surface area contributed by atoms with Crippen molar-refractivity contribution in [3.05, 3.63) is 0 Å². The van der Waals surface area contributed by atoms with Gasteiger partial charge in [0.2, 0.25) is 0 Å². The molecule has 1 aliphatic heterocycles. The summed E-state index contributed by atoms with van der Waals surface area (Å²) in [6, 6.07) is 1.54. The van der Waals surface area contributed by atoms with E-state index in [1.54, 1.807) is 0 Å². The van der Waals surface area contributed by atoms with Crippen molar-refractivity contribution in [2.75, 3.05) is 19.6 Å². The van der Waals surface area contributed by atoms with Gasteiger partial charge in [0, 0.05) is 31.7 Å². The molecule has 0 spiro atoms. The molecule has 0 aromatic rings. The standard InChI is InChI=1S/C18H34N2/c1-13(2)18-10-19-17(15-7-5-4-6-8-15)12-20(18)11-16-9-14(16)3/h13-19H,4-12H2,1-3H3. The van der Waals surface area contributed by atoms with Crippen LogP contribution >= 0.6 is 0 Å². The Bertz CT molecular complexity index is 309. The summed E-state index contributed by atoms with van der Waals surface area (Å²) in [5.74, 6) is 3.73. The molecule has 1 saturated heterocycles. The van der Waals surface area contributed by atoms with Crippen molar-refractivity contribution in [1.82, 2.24) is 10.2 Å². The summed E-state index contributed by atoms with van der Waals surface area (Å²) in [6.07, 6.45) is 8.82. The minimum Gasteiger partial charge on any atom is -0.311 e. The van der Waals surface area contributed by atoms with Crippen LogP contribution in [0.25, 0.3) is 0 Å². The van der Waals surface area contributed by atoms with Gasteiger partial charge in [-0.25, -0.2) is 0 Å². The molecule has 0 aromatic carbocycles. The van der Waals surface area contributed by atoms with Gasteiger partial charge >= 0.3 is 0 Å². The van der Waals surface area contributed by atoms with Gasteiger partial charge in [0.15, 0.2) is 0 Å². The van der Waals surface area contributed by atoms with Crippen molar-refractivity contribution in [3.63, 3.8) is 0 Å². The number of hydrogen-bond donors (Lipinski definition) is 1. The van der Waals surface area contributed by atoms with Gasteiger partial charge < -0.3 is 5.32 Å². The Morgan fingerprint density at radius 1 is 1.15 bits per heavy atom. The van der Waals surface area contributed by atoms with Crippen molar-refractivity contribution < 1.29 is 0 Å². The number of rotatable bonds is 4. The molecule has 3 fully saturated rings. The zero-order chi connectivity index (χ0) is 14.1. The highest BCUT2D eigenvalue weighted by Gasteiger charge is 2.39. The lowest BCUT2D eigenvalue weighted by Crippen LogP contribution is -2.60. The van der Waals surface area contributed by atoms with Crippen LogP contribution in [0.2, 0.25) is 0 Å². The highest BCUT2D eigenvalue weighted by molar-refractivity contribution is 4.95. The Kier molecular flexibility index (Phi) is 4.72. The first kappa shape index (κ1) is 14.8. The SMILES string of the molecule is CC(C)C1CNC(C2CCCCC2)CN1CC1CC1C. The van der Waals surface area contributed by atoms with E-state index in [0.29, 0.717) is 0 Å². The monoisotopic (exact) mass is 278 g/mol.